The molecule has 2 rings (SSSR count). The van der Waals surface area contributed by atoms with E-state index in [1.54, 1.807) is 0 Å². The van der Waals surface area contributed by atoms with E-state index in [2.05, 4.69) is 15.2 Å². The molecule has 0 fully saturated rings. The number of hydrogen-bond donors (Lipinski definition) is 1. The van der Waals surface area contributed by atoms with Crippen molar-refractivity contribution in [3.63, 3.8) is 0 Å². The van der Waals surface area contributed by atoms with Crippen LogP contribution in [-0.4, -0.2) is 25.0 Å². The molecule has 1 N–H and O–H groups in total. The van der Waals surface area contributed by atoms with Crippen LogP contribution in [0.1, 0.15) is 44.8 Å². The van der Waals surface area contributed by atoms with Crippen LogP contribution in [0.3, 0.4) is 0 Å². The smallest absolute Gasteiger partial charge is 0.276 e. The molecule has 1 atom stereocenters. The lowest BCUT2D eigenvalue weighted by atomic mass is 10.2. The number of hydrogen-bond acceptors (Lipinski definition) is 5. The van der Waals surface area contributed by atoms with E-state index in [9.17, 15) is 5.11 Å². The van der Waals surface area contributed by atoms with Crippen molar-refractivity contribution in [1.82, 2.24) is 19.9 Å². The van der Waals surface area contributed by atoms with E-state index in [1.807, 2.05) is 31.5 Å². The summed E-state index contributed by atoms with van der Waals surface area (Å²) in [6, 6.07) is 1.94. The Balaban J connectivity index is 2.36. The van der Waals surface area contributed by atoms with Gasteiger partial charge in [-0.25, -0.2) is 0 Å². The Morgan fingerprint density at radius 2 is 2.17 bits per heavy atom. The van der Waals surface area contributed by atoms with E-state index < -0.39 is 6.10 Å². The predicted octanol–water partition coefficient (Wildman–Crippen LogP) is 1.96. The topological polar surface area (TPSA) is 77.0 Å². The molecule has 1 unspecified atom stereocenters. The maximum absolute atomic E-state index is 9.66. The highest BCUT2D eigenvalue weighted by atomic mass is 16.5. The summed E-state index contributed by atoms with van der Waals surface area (Å²) in [5.41, 5.74) is 1.79. The zero-order valence-corrected chi connectivity index (χ0v) is 10.9. The second kappa shape index (κ2) is 5.30. The molecule has 0 spiro atoms. The number of aryl methyl sites for hydroxylation is 2. The van der Waals surface area contributed by atoms with Gasteiger partial charge in [0.1, 0.15) is 11.8 Å². The molecule has 6 nitrogen and oxygen atoms in total. The number of aromatic nitrogens is 4. The first kappa shape index (κ1) is 12.8. The Morgan fingerprint density at radius 3 is 2.78 bits per heavy atom. The molecule has 0 aliphatic carbocycles. The van der Waals surface area contributed by atoms with Crippen LogP contribution < -0.4 is 0 Å². The minimum atomic E-state index is -0.675. The fraction of sp³-hybridized carbons (Fsp3) is 0.583. The SMILES string of the molecule is CCc1cc(-c2nc(C(O)CC)no2)n(CC)n1. The van der Waals surface area contributed by atoms with Crippen molar-refractivity contribution in [3.8, 4) is 11.6 Å². The Morgan fingerprint density at radius 1 is 1.39 bits per heavy atom. The average Bonchev–Trinajstić information content (AvgIpc) is 3.03. The normalized spacial score (nSPS) is 12.9. The minimum absolute atomic E-state index is 0.328. The summed E-state index contributed by atoms with van der Waals surface area (Å²) in [7, 11) is 0. The molecule has 0 aliphatic heterocycles. The second-order valence-corrected chi connectivity index (χ2v) is 4.07. The van der Waals surface area contributed by atoms with Gasteiger partial charge in [0.05, 0.1) is 5.69 Å². The summed E-state index contributed by atoms with van der Waals surface area (Å²) in [6.07, 6.45) is 0.747. The fourth-order valence-corrected chi connectivity index (χ4v) is 1.71. The van der Waals surface area contributed by atoms with Crippen molar-refractivity contribution in [2.24, 2.45) is 0 Å². The van der Waals surface area contributed by atoms with Gasteiger partial charge in [0.25, 0.3) is 5.89 Å². The zero-order valence-electron chi connectivity index (χ0n) is 10.9. The predicted molar refractivity (Wildman–Crippen MR) is 65.8 cm³/mol. The van der Waals surface area contributed by atoms with Crippen LogP contribution in [0.2, 0.25) is 0 Å². The molecule has 18 heavy (non-hydrogen) atoms. The molecule has 0 aromatic carbocycles. The van der Waals surface area contributed by atoms with Crippen molar-refractivity contribution >= 4 is 0 Å². The Kier molecular flexibility index (Phi) is 3.76. The van der Waals surface area contributed by atoms with Gasteiger partial charge >= 0.3 is 0 Å². The summed E-state index contributed by atoms with van der Waals surface area (Å²) in [5.74, 6) is 0.737. The van der Waals surface area contributed by atoms with Gasteiger partial charge in [-0.15, -0.1) is 0 Å². The third-order valence-electron chi connectivity index (χ3n) is 2.84. The van der Waals surface area contributed by atoms with Crippen LogP contribution in [0, 0.1) is 0 Å². The Bertz CT molecular complexity index is 518. The first-order valence-electron chi connectivity index (χ1n) is 6.28. The molecule has 0 amide bonds. The number of aliphatic hydroxyl groups is 1. The molecule has 2 aromatic heterocycles. The molecule has 6 heteroatoms. The lowest BCUT2D eigenvalue weighted by molar-refractivity contribution is 0.159. The molecule has 2 heterocycles. The number of nitrogens with zero attached hydrogens (tertiary/aromatic N) is 4. The van der Waals surface area contributed by atoms with Gasteiger partial charge in [-0.3, -0.25) is 4.68 Å². The van der Waals surface area contributed by atoms with E-state index in [0.29, 0.717) is 18.1 Å². The summed E-state index contributed by atoms with van der Waals surface area (Å²) in [6.45, 7) is 6.66. The molecular weight excluding hydrogens is 232 g/mol. The number of aliphatic hydroxyl groups excluding tert-OH is 1. The summed E-state index contributed by atoms with van der Waals surface area (Å²) in [4.78, 5) is 4.22. The van der Waals surface area contributed by atoms with Gasteiger partial charge in [0.2, 0.25) is 5.82 Å². The van der Waals surface area contributed by atoms with Crippen LogP contribution >= 0.6 is 0 Å². The van der Waals surface area contributed by atoms with Crippen LogP contribution in [0.5, 0.6) is 0 Å². The molecule has 98 valence electrons. The monoisotopic (exact) mass is 250 g/mol. The van der Waals surface area contributed by atoms with Gasteiger partial charge in [0, 0.05) is 6.54 Å². The highest BCUT2D eigenvalue weighted by Crippen LogP contribution is 2.21. The van der Waals surface area contributed by atoms with Crippen molar-refractivity contribution in [2.45, 2.75) is 46.3 Å². The van der Waals surface area contributed by atoms with Gasteiger partial charge in [-0.2, -0.15) is 10.1 Å². The van der Waals surface area contributed by atoms with E-state index in [0.717, 1.165) is 24.4 Å². The van der Waals surface area contributed by atoms with Crippen molar-refractivity contribution < 1.29 is 9.63 Å². The standard InChI is InChI=1S/C12H18N4O2/c1-4-8-7-9(16(6-3)14-8)12-13-11(15-18-12)10(17)5-2/h7,10,17H,4-6H2,1-3H3. The van der Waals surface area contributed by atoms with E-state index in [-0.39, 0.29) is 0 Å². The quantitative estimate of drug-likeness (QED) is 0.877. The van der Waals surface area contributed by atoms with Crippen LogP contribution in [-0.2, 0) is 13.0 Å². The largest absolute Gasteiger partial charge is 0.385 e. The molecule has 0 aliphatic rings. The van der Waals surface area contributed by atoms with Gasteiger partial charge < -0.3 is 9.63 Å². The van der Waals surface area contributed by atoms with Crippen LogP contribution in [0.15, 0.2) is 10.6 Å². The van der Waals surface area contributed by atoms with Gasteiger partial charge in [-0.1, -0.05) is 19.0 Å². The third-order valence-corrected chi connectivity index (χ3v) is 2.84. The molecular formula is C12H18N4O2. The highest BCUT2D eigenvalue weighted by Gasteiger charge is 2.18. The minimum Gasteiger partial charge on any atom is -0.385 e. The Hall–Kier alpha value is -1.69. The molecule has 0 saturated heterocycles. The maximum Gasteiger partial charge on any atom is 0.276 e. The summed E-state index contributed by atoms with van der Waals surface area (Å²) >= 11 is 0. The Labute approximate surface area is 106 Å². The lowest BCUT2D eigenvalue weighted by Gasteiger charge is -1.99. The highest BCUT2D eigenvalue weighted by molar-refractivity contribution is 5.48. The van der Waals surface area contributed by atoms with Crippen molar-refractivity contribution in [3.05, 3.63) is 17.6 Å². The molecule has 0 bridgehead atoms. The van der Waals surface area contributed by atoms with Crippen molar-refractivity contribution in [2.75, 3.05) is 0 Å². The van der Waals surface area contributed by atoms with Gasteiger partial charge in [-0.05, 0) is 25.8 Å². The van der Waals surface area contributed by atoms with Gasteiger partial charge in [0.15, 0.2) is 0 Å². The van der Waals surface area contributed by atoms with Crippen molar-refractivity contribution in [1.29, 1.82) is 0 Å². The average molecular weight is 250 g/mol. The molecule has 0 radical (unpaired) electrons. The summed E-state index contributed by atoms with van der Waals surface area (Å²) in [5, 5.41) is 17.9. The molecule has 2 aromatic rings. The maximum atomic E-state index is 9.66. The first-order chi connectivity index (χ1) is 8.69. The van der Waals surface area contributed by atoms with E-state index >= 15 is 0 Å². The molecule has 0 saturated carbocycles. The first-order valence-corrected chi connectivity index (χ1v) is 6.28. The fourth-order valence-electron chi connectivity index (χ4n) is 1.71. The van der Waals surface area contributed by atoms with Crippen LogP contribution in [0.25, 0.3) is 11.6 Å². The van der Waals surface area contributed by atoms with Crippen LogP contribution in [0.4, 0.5) is 0 Å². The second-order valence-electron chi connectivity index (χ2n) is 4.07. The van der Waals surface area contributed by atoms with E-state index in [1.165, 1.54) is 0 Å². The third kappa shape index (κ3) is 2.28. The zero-order chi connectivity index (χ0) is 13.1. The lowest BCUT2D eigenvalue weighted by Crippen LogP contribution is -2.00. The number of rotatable bonds is 5. The van der Waals surface area contributed by atoms with E-state index in [4.69, 9.17) is 4.52 Å². The summed E-state index contributed by atoms with van der Waals surface area (Å²) < 4.78 is 7.02.